The van der Waals surface area contributed by atoms with E-state index in [1.54, 1.807) is 13.2 Å². The fraction of sp³-hybridized carbons (Fsp3) is 0.100. The van der Waals surface area contributed by atoms with E-state index in [2.05, 4.69) is 6.08 Å². The number of methoxy groups -OCH3 is 1. The van der Waals surface area contributed by atoms with Crippen molar-refractivity contribution in [2.75, 3.05) is 7.11 Å². The normalized spacial score (nSPS) is 14.3. The van der Waals surface area contributed by atoms with Gasteiger partial charge in [-0.25, -0.2) is 0 Å². The van der Waals surface area contributed by atoms with E-state index in [-0.39, 0.29) is 10.6 Å². The standard InChI is InChI=1S/C20H15NO3/c1-24-16-7-5-13(6-8-16)11-15-12-14-3-2-4-18-19(21(22)23)10-9-17(15)20(14)18/h2-11H,12H2,1H3/b15-11-. The van der Waals surface area contributed by atoms with Gasteiger partial charge in [0.15, 0.2) is 0 Å². The molecule has 0 aromatic heterocycles. The van der Waals surface area contributed by atoms with Crippen LogP contribution in [0.25, 0.3) is 22.4 Å². The highest BCUT2D eigenvalue weighted by Crippen LogP contribution is 2.41. The average Bonchev–Trinajstić information content (AvgIpc) is 2.95. The zero-order valence-corrected chi connectivity index (χ0v) is 13.2. The molecule has 0 unspecified atom stereocenters. The summed E-state index contributed by atoms with van der Waals surface area (Å²) < 4.78 is 5.19. The Hall–Kier alpha value is -3.14. The number of hydrogen-bond acceptors (Lipinski definition) is 3. The molecule has 0 N–H and O–H groups in total. The first kappa shape index (κ1) is 14.5. The van der Waals surface area contributed by atoms with Gasteiger partial charge in [-0.2, -0.15) is 0 Å². The molecule has 0 atom stereocenters. The van der Waals surface area contributed by atoms with Crippen LogP contribution in [-0.4, -0.2) is 12.0 Å². The maximum atomic E-state index is 11.3. The number of benzene rings is 3. The van der Waals surface area contributed by atoms with Crippen molar-refractivity contribution in [3.05, 3.63) is 81.4 Å². The highest BCUT2D eigenvalue weighted by molar-refractivity contribution is 6.08. The fourth-order valence-electron chi connectivity index (χ4n) is 3.37. The lowest BCUT2D eigenvalue weighted by molar-refractivity contribution is -0.383. The van der Waals surface area contributed by atoms with Crippen molar-refractivity contribution >= 4 is 28.1 Å². The van der Waals surface area contributed by atoms with E-state index in [1.165, 1.54) is 5.57 Å². The van der Waals surface area contributed by atoms with Crippen molar-refractivity contribution in [3.8, 4) is 5.75 Å². The third kappa shape index (κ3) is 2.24. The zero-order chi connectivity index (χ0) is 16.7. The molecule has 24 heavy (non-hydrogen) atoms. The Morgan fingerprint density at radius 3 is 2.58 bits per heavy atom. The van der Waals surface area contributed by atoms with E-state index in [9.17, 15) is 10.1 Å². The van der Waals surface area contributed by atoms with Gasteiger partial charge >= 0.3 is 0 Å². The largest absolute Gasteiger partial charge is 0.497 e. The summed E-state index contributed by atoms with van der Waals surface area (Å²) in [6.07, 6.45) is 2.93. The smallest absolute Gasteiger partial charge is 0.277 e. The van der Waals surface area contributed by atoms with Crippen LogP contribution in [0.2, 0.25) is 0 Å². The molecule has 0 spiro atoms. The van der Waals surface area contributed by atoms with Crippen LogP contribution in [0.15, 0.2) is 54.6 Å². The highest BCUT2D eigenvalue weighted by atomic mass is 16.6. The Balaban J connectivity index is 1.85. The monoisotopic (exact) mass is 317 g/mol. The van der Waals surface area contributed by atoms with Gasteiger partial charge in [0.1, 0.15) is 5.75 Å². The summed E-state index contributed by atoms with van der Waals surface area (Å²) >= 11 is 0. The molecule has 0 saturated heterocycles. The number of rotatable bonds is 3. The van der Waals surface area contributed by atoms with Gasteiger partial charge < -0.3 is 4.74 Å². The molecule has 4 nitrogen and oxygen atoms in total. The Morgan fingerprint density at radius 1 is 1.08 bits per heavy atom. The molecule has 4 heteroatoms. The number of nitro groups is 1. The molecule has 1 aliphatic rings. The maximum absolute atomic E-state index is 11.3. The molecule has 0 fully saturated rings. The summed E-state index contributed by atoms with van der Waals surface area (Å²) in [5.41, 5.74) is 4.67. The lowest BCUT2D eigenvalue weighted by atomic mass is 10.0. The van der Waals surface area contributed by atoms with Crippen LogP contribution < -0.4 is 4.74 Å². The van der Waals surface area contributed by atoms with E-state index in [1.807, 2.05) is 48.5 Å². The number of nitrogens with zero attached hydrogens (tertiary/aromatic N) is 1. The van der Waals surface area contributed by atoms with E-state index < -0.39 is 0 Å². The molecule has 4 rings (SSSR count). The fourth-order valence-corrected chi connectivity index (χ4v) is 3.37. The molecule has 118 valence electrons. The van der Waals surface area contributed by atoms with E-state index in [0.29, 0.717) is 5.39 Å². The lowest BCUT2D eigenvalue weighted by Gasteiger charge is -2.04. The molecule has 0 saturated carbocycles. The average molecular weight is 317 g/mol. The van der Waals surface area contributed by atoms with Crippen LogP contribution in [-0.2, 0) is 6.42 Å². The first-order chi connectivity index (χ1) is 11.7. The second-order valence-electron chi connectivity index (χ2n) is 5.85. The minimum absolute atomic E-state index is 0.168. The molecule has 0 aliphatic heterocycles. The van der Waals surface area contributed by atoms with E-state index in [4.69, 9.17) is 4.74 Å². The minimum Gasteiger partial charge on any atom is -0.497 e. The van der Waals surface area contributed by atoms with Crippen LogP contribution in [0.3, 0.4) is 0 Å². The van der Waals surface area contributed by atoms with Crippen LogP contribution in [0.1, 0.15) is 16.7 Å². The van der Waals surface area contributed by atoms with Crippen molar-refractivity contribution in [1.82, 2.24) is 0 Å². The van der Waals surface area contributed by atoms with Crippen LogP contribution in [0.5, 0.6) is 5.75 Å². The summed E-state index contributed by atoms with van der Waals surface area (Å²) in [4.78, 5) is 11.0. The molecule has 1 aliphatic carbocycles. The maximum Gasteiger partial charge on any atom is 0.277 e. The quantitative estimate of drug-likeness (QED) is 0.512. The molecule has 0 heterocycles. The van der Waals surface area contributed by atoms with Crippen LogP contribution >= 0.6 is 0 Å². The second-order valence-corrected chi connectivity index (χ2v) is 5.85. The molecule has 3 aromatic rings. The van der Waals surface area contributed by atoms with Gasteiger partial charge in [0, 0.05) is 6.07 Å². The SMILES string of the molecule is COc1ccc(/C=C2/Cc3cccc4c([N+](=O)[O-])ccc2c34)cc1. The minimum atomic E-state index is -0.311. The molecule has 0 radical (unpaired) electrons. The Morgan fingerprint density at radius 2 is 1.88 bits per heavy atom. The zero-order valence-electron chi connectivity index (χ0n) is 13.2. The van der Waals surface area contributed by atoms with Gasteiger partial charge in [0.25, 0.3) is 5.69 Å². The van der Waals surface area contributed by atoms with Crippen molar-refractivity contribution in [1.29, 1.82) is 0 Å². The summed E-state index contributed by atoms with van der Waals surface area (Å²) in [6.45, 7) is 0. The highest BCUT2D eigenvalue weighted by Gasteiger charge is 2.23. The van der Waals surface area contributed by atoms with E-state index in [0.717, 1.165) is 34.2 Å². The topological polar surface area (TPSA) is 52.4 Å². The van der Waals surface area contributed by atoms with Gasteiger partial charge in [-0.15, -0.1) is 0 Å². The van der Waals surface area contributed by atoms with Gasteiger partial charge in [0.2, 0.25) is 0 Å². The van der Waals surface area contributed by atoms with Crippen molar-refractivity contribution in [3.63, 3.8) is 0 Å². The number of non-ortho nitro benzene ring substituents is 1. The number of allylic oxidation sites excluding steroid dienone is 1. The predicted molar refractivity (Wildman–Crippen MR) is 95.2 cm³/mol. The third-order valence-electron chi connectivity index (χ3n) is 4.48. The van der Waals surface area contributed by atoms with Gasteiger partial charge in [-0.05, 0) is 58.3 Å². The van der Waals surface area contributed by atoms with Crippen molar-refractivity contribution in [2.24, 2.45) is 0 Å². The third-order valence-corrected chi connectivity index (χ3v) is 4.48. The Bertz CT molecular complexity index is 988. The van der Waals surface area contributed by atoms with Gasteiger partial charge in [0.05, 0.1) is 17.4 Å². The summed E-state index contributed by atoms with van der Waals surface area (Å²) in [7, 11) is 1.65. The lowest BCUT2D eigenvalue weighted by Crippen LogP contribution is -1.90. The summed E-state index contributed by atoms with van der Waals surface area (Å²) in [6, 6.07) is 17.1. The van der Waals surface area contributed by atoms with Crippen molar-refractivity contribution < 1.29 is 9.66 Å². The molecule has 3 aromatic carbocycles. The van der Waals surface area contributed by atoms with E-state index >= 15 is 0 Å². The number of ether oxygens (including phenoxy) is 1. The number of hydrogen-bond donors (Lipinski definition) is 0. The summed E-state index contributed by atoms with van der Waals surface area (Å²) in [5.74, 6) is 0.824. The van der Waals surface area contributed by atoms with Gasteiger partial charge in [-0.3, -0.25) is 10.1 Å². The Labute approximate surface area is 139 Å². The second kappa shape index (κ2) is 5.49. The predicted octanol–water partition coefficient (Wildman–Crippen LogP) is 4.85. The van der Waals surface area contributed by atoms with Crippen LogP contribution in [0.4, 0.5) is 5.69 Å². The molecular formula is C20H15NO3. The molecule has 0 amide bonds. The summed E-state index contributed by atoms with van der Waals surface area (Å²) in [5, 5.41) is 13.0. The first-order valence-electron chi connectivity index (χ1n) is 7.71. The molecular weight excluding hydrogens is 302 g/mol. The van der Waals surface area contributed by atoms with Crippen molar-refractivity contribution in [2.45, 2.75) is 6.42 Å². The van der Waals surface area contributed by atoms with Gasteiger partial charge in [-0.1, -0.05) is 30.3 Å². The number of nitro benzene ring substituents is 1. The molecule has 0 bridgehead atoms. The Kier molecular flexibility index (Phi) is 3.31. The van der Waals surface area contributed by atoms with Crippen LogP contribution in [0, 0.1) is 10.1 Å². The first-order valence-corrected chi connectivity index (χ1v) is 7.71.